The van der Waals surface area contributed by atoms with Gasteiger partial charge in [-0.25, -0.2) is 0 Å². The highest BCUT2D eigenvalue weighted by molar-refractivity contribution is 8.00. The van der Waals surface area contributed by atoms with Crippen LogP contribution in [-0.2, 0) is 11.2 Å². The van der Waals surface area contributed by atoms with E-state index in [2.05, 4.69) is 26.0 Å². The summed E-state index contributed by atoms with van der Waals surface area (Å²) in [5.41, 5.74) is 3.58. The molecule has 0 aliphatic rings. The second kappa shape index (κ2) is 6.96. The lowest BCUT2D eigenvalue weighted by molar-refractivity contribution is -0.116. The van der Waals surface area contributed by atoms with Crippen molar-refractivity contribution in [1.82, 2.24) is 0 Å². The van der Waals surface area contributed by atoms with Crippen molar-refractivity contribution in [2.75, 3.05) is 5.75 Å². The monoisotopic (exact) mass is 304 g/mol. The number of carbonyl (C=O) groups excluding carboxylic acids is 1. The van der Waals surface area contributed by atoms with E-state index in [1.165, 1.54) is 22.9 Å². The topological polar surface area (TPSA) is 17.1 Å². The van der Waals surface area contributed by atoms with E-state index in [9.17, 15) is 4.79 Å². The van der Waals surface area contributed by atoms with Gasteiger partial charge in [-0.1, -0.05) is 35.9 Å². The maximum atomic E-state index is 12.0. The molecule has 0 amide bonds. The van der Waals surface area contributed by atoms with Crippen molar-refractivity contribution in [2.24, 2.45) is 0 Å². The number of ketones is 1. The highest BCUT2D eigenvalue weighted by atomic mass is 35.5. The highest BCUT2D eigenvalue weighted by Gasteiger charge is 2.06. The molecule has 20 heavy (non-hydrogen) atoms. The van der Waals surface area contributed by atoms with E-state index in [1.54, 1.807) is 0 Å². The number of Topliss-reactive ketones (excluding diaryl/α,β-unsaturated/α-hetero) is 1. The predicted octanol–water partition coefficient (Wildman–Crippen LogP) is 4.86. The van der Waals surface area contributed by atoms with Crippen molar-refractivity contribution >= 4 is 29.1 Å². The van der Waals surface area contributed by atoms with Gasteiger partial charge in [0.15, 0.2) is 0 Å². The van der Waals surface area contributed by atoms with Crippen LogP contribution in [0.25, 0.3) is 0 Å². The lowest BCUT2D eigenvalue weighted by Crippen LogP contribution is -2.06. The SMILES string of the molecule is Cc1ccc(CC(=O)CSc2cccc(Cl)c2)cc1C. The number of carbonyl (C=O) groups is 1. The zero-order valence-corrected chi connectivity index (χ0v) is 13.2. The minimum Gasteiger partial charge on any atom is -0.298 e. The van der Waals surface area contributed by atoms with Crippen molar-refractivity contribution in [1.29, 1.82) is 0 Å². The van der Waals surface area contributed by atoms with Gasteiger partial charge in [0, 0.05) is 16.3 Å². The van der Waals surface area contributed by atoms with Gasteiger partial charge in [-0.2, -0.15) is 0 Å². The van der Waals surface area contributed by atoms with E-state index in [0.717, 1.165) is 10.5 Å². The molecule has 0 saturated carbocycles. The molecule has 0 spiro atoms. The molecule has 0 bridgehead atoms. The van der Waals surface area contributed by atoms with Gasteiger partial charge in [-0.3, -0.25) is 4.79 Å². The van der Waals surface area contributed by atoms with Crippen molar-refractivity contribution in [3.8, 4) is 0 Å². The third-order valence-corrected chi connectivity index (χ3v) is 4.46. The molecule has 0 heterocycles. The normalized spacial score (nSPS) is 10.6. The number of aryl methyl sites for hydroxylation is 2. The number of hydrogen-bond donors (Lipinski definition) is 0. The number of rotatable bonds is 5. The summed E-state index contributed by atoms with van der Waals surface area (Å²) in [5, 5.41) is 0.705. The summed E-state index contributed by atoms with van der Waals surface area (Å²) in [6.45, 7) is 4.15. The smallest absolute Gasteiger partial charge is 0.147 e. The first-order valence-corrected chi connectivity index (χ1v) is 7.87. The van der Waals surface area contributed by atoms with Gasteiger partial charge >= 0.3 is 0 Å². The summed E-state index contributed by atoms with van der Waals surface area (Å²) >= 11 is 7.46. The Morgan fingerprint density at radius 2 is 1.90 bits per heavy atom. The minimum absolute atomic E-state index is 0.234. The first-order chi connectivity index (χ1) is 9.54. The fraction of sp³-hybridized carbons (Fsp3) is 0.235. The van der Waals surface area contributed by atoms with Gasteiger partial charge in [0.2, 0.25) is 0 Å². The quantitative estimate of drug-likeness (QED) is 0.734. The van der Waals surface area contributed by atoms with Crippen LogP contribution in [0.3, 0.4) is 0 Å². The molecule has 3 heteroatoms. The van der Waals surface area contributed by atoms with E-state index in [-0.39, 0.29) is 5.78 Å². The molecule has 104 valence electrons. The van der Waals surface area contributed by atoms with Crippen molar-refractivity contribution in [2.45, 2.75) is 25.2 Å². The molecular formula is C17H17ClOS. The summed E-state index contributed by atoms with van der Waals surface area (Å²) in [4.78, 5) is 13.0. The molecule has 0 unspecified atom stereocenters. The van der Waals surface area contributed by atoms with E-state index < -0.39 is 0 Å². The molecule has 2 rings (SSSR count). The van der Waals surface area contributed by atoms with Gasteiger partial charge in [-0.05, 0) is 48.7 Å². The maximum Gasteiger partial charge on any atom is 0.147 e. The lowest BCUT2D eigenvalue weighted by atomic mass is 10.0. The Hall–Kier alpha value is -1.25. The lowest BCUT2D eigenvalue weighted by Gasteiger charge is -2.05. The molecule has 2 aromatic rings. The van der Waals surface area contributed by atoms with Crippen molar-refractivity contribution in [3.05, 3.63) is 64.2 Å². The van der Waals surface area contributed by atoms with Gasteiger partial charge in [0.05, 0.1) is 5.75 Å². The number of hydrogen-bond acceptors (Lipinski definition) is 2. The number of benzene rings is 2. The van der Waals surface area contributed by atoms with E-state index in [4.69, 9.17) is 11.6 Å². The van der Waals surface area contributed by atoms with Crippen LogP contribution in [-0.4, -0.2) is 11.5 Å². The Bertz CT molecular complexity index is 622. The van der Waals surface area contributed by atoms with Crippen LogP contribution in [0.1, 0.15) is 16.7 Å². The second-order valence-corrected chi connectivity index (χ2v) is 6.37. The molecule has 2 aromatic carbocycles. The summed E-state index contributed by atoms with van der Waals surface area (Å²) < 4.78 is 0. The Morgan fingerprint density at radius 3 is 2.60 bits per heavy atom. The zero-order valence-electron chi connectivity index (χ0n) is 11.7. The average Bonchev–Trinajstić information content (AvgIpc) is 2.41. The van der Waals surface area contributed by atoms with E-state index >= 15 is 0 Å². The van der Waals surface area contributed by atoms with Gasteiger partial charge in [0.1, 0.15) is 5.78 Å². The first-order valence-electron chi connectivity index (χ1n) is 6.51. The number of halogens is 1. The van der Waals surface area contributed by atoms with Crippen LogP contribution in [0.4, 0.5) is 0 Å². The van der Waals surface area contributed by atoms with Gasteiger partial charge in [0.25, 0.3) is 0 Å². The van der Waals surface area contributed by atoms with Crippen molar-refractivity contribution in [3.63, 3.8) is 0 Å². The minimum atomic E-state index is 0.234. The van der Waals surface area contributed by atoms with Crippen LogP contribution in [0, 0.1) is 13.8 Å². The predicted molar refractivity (Wildman–Crippen MR) is 86.8 cm³/mol. The fourth-order valence-corrected chi connectivity index (χ4v) is 2.98. The Balaban J connectivity index is 1.91. The molecule has 0 saturated heterocycles. The Kier molecular flexibility index (Phi) is 5.27. The van der Waals surface area contributed by atoms with E-state index in [1.807, 2.05) is 30.3 Å². The molecular weight excluding hydrogens is 288 g/mol. The molecule has 0 aromatic heterocycles. The average molecular weight is 305 g/mol. The molecule has 0 aliphatic heterocycles. The van der Waals surface area contributed by atoms with Crippen LogP contribution < -0.4 is 0 Å². The highest BCUT2D eigenvalue weighted by Crippen LogP contribution is 2.22. The third kappa shape index (κ3) is 4.39. The summed E-state index contributed by atoms with van der Waals surface area (Å²) in [7, 11) is 0. The van der Waals surface area contributed by atoms with Crippen LogP contribution in [0.15, 0.2) is 47.4 Å². The molecule has 0 radical (unpaired) electrons. The van der Waals surface area contributed by atoms with Crippen LogP contribution in [0.2, 0.25) is 5.02 Å². The summed E-state index contributed by atoms with van der Waals surface area (Å²) in [6.07, 6.45) is 0.495. The summed E-state index contributed by atoms with van der Waals surface area (Å²) in [6, 6.07) is 13.8. The maximum absolute atomic E-state index is 12.0. The standard InChI is InChI=1S/C17H17ClOS/c1-12-6-7-14(8-13(12)2)9-16(19)11-20-17-5-3-4-15(18)10-17/h3-8,10H,9,11H2,1-2H3. The largest absolute Gasteiger partial charge is 0.298 e. The Morgan fingerprint density at radius 1 is 1.10 bits per heavy atom. The van der Waals surface area contributed by atoms with E-state index in [0.29, 0.717) is 17.2 Å². The first kappa shape index (κ1) is 15.1. The Labute approximate surface area is 129 Å². The number of thioether (sulfide) groups is 1. The molecule has 0 atom stereocenters. The summed E-state index contributed by atoms with van der Waals surface area (Å²) in [5.74, 6) is 0.714. The van der Waals surface area contributed by atoms with Crippen LogP contribution in [0.5, 0.6) is 0 Å². The fourth-order valence-electron chi connectivity index (χ4n) is 1.91. The molecule has 0 N–H and O–H groups in total. The van der Waals surface area contributed by atoms with Crippen molar-refractivity contribution < 1.29 is 4.79 Å². The molecule has 0 fully saturated rings. The van der Waals surface area contributed by atoms with Crippen LogP contribution >= 0.6 is 23.4 Å². The second-order valence-electron chi connectivity index (χ2n) is 4.88. The zero-order chi connectivity index (χ0) is 14.5. The van der Waals surface area contributed by atoms with Gasteiger partial charge < -0.3 is 0 Å². The molecule has 0 aliphatic carbocycles. The third-order valence-electron chi connectivity index (χ3n) is 3.17. The van der Waals surface area contributed by atoms with Gasteiger partial charge in [-0.15, -0.1) is 11.8 Å². The molecule has 1 nitrogen and oxygen atoms in total.